The second kappa shape index (κ2) is 10.5. The van der Waals surface area contributed by atoms with Crippen molar-refractivity contribution in [2.24, 2.45) is 7.05 Å². The highest BCUT2D eigenvalue weighted by Crippen LogP contribution is 2.28. The molecule has 0 amide bonds. The Morgan fingerprint density at radius 3 is 2.77 bits per heavy atom. The minimum atomic E-state index is 0.183. The molecule has 2 heterocycles. The van der Waals surface area contributed by atoms with Crippen molar-refractivity contribution in [2.75, 3.05) is 32.6 Å². The summed E-state index contributed by atoms with van der Waals surface area (Å²) in [6.07, 6.45) is 9.19. The number of aryl methyl sites for hydroxylation is 1. The molecule has 3 rings (SSSR count). The van der Waals surface area contributed by atoms with Gasteiger partial charge in [-0.1, -0.05) is 30.9 Å². The van der Waals surface area contributed by atoms with Gasteiger partial charge in [0.2, 0.25) is 0 Å². The number of benzene rings is 1. The zero-order chi connectivity index (χ0) is 22.2. The molecule has 1 aromatic carbocycles. The number of hydrogen-bond donors (Lipinski definition) is 2. The Morgan fingerprint density at radius 1 is 1.26 bits per heavy atom. The van der Waals surface area contributed by atoms with Gasteiger partial charge < -0.3 is 15.3 Å². The fraction of sp³-hybridized carbons (Fsp3) is 0.292. The first-order valence-electron chi connectivity index (χ1n) is 10.3. The van der Waals surface area contributed by atoms with E-state index in [0.29, 0.717) is 12.4 Å². The quantitative estimate of drug-likeness (QED) is 0.385. The van der Waals surface area contributed by atoms with E-state index in [0.717, 1.165) is 46.6 Å². The molecule has 162 valence electrons. The fourth-order valence-electron chi connectivity index (χ4n) is 3.21. The minimum Gasteiger partial charge on any atom is -0.396 e. The maximum atomic E-state index is 9.06. The SMILES string of the molecule is C=C/C(=C\N(C)C)c1cccc(-c2ncc(-c3ccn(C)n3)c(NCCCCO)n2)c1. The van der Waals surface area contributed by atoms with E-state index in [2.05, 4.69) is 34.1 Å². The Morgan fingerprint density at radius 2 is 2.10 bits per heavy atom. The summed E-state index contributed by atoms with van der Waals surface area (Å²) >= 11 is 0. The smallest absolute Gasteiger partial charge is 0.161 e. The summed E-state index contributed by atoms with van der Waals surface area (Å²) in [7, 11) is 5.86. The molecule has 7 heteroatoms. The number of allylic oxidation sites excluding steroid dienone is 2. The monoisotopic (exact) mass is 418 g/mol. The van der Waals surface area contributed by atoms with Crippen LogP contribution in [0, 0.1) is 0 Å². The molecular formula is C24H30N6O. The highest BCUT2D eigenvalue weighted by atomic mass is 16.2. The molecule has 31 heavy (non-hydrogen) atoms. The summed E-state index contributed by atoms with van der Waals surface area (Å²) in [4.78, 5) is 11.5. The van der Waals surface area contributed by atoms with Crippen molar-refractivity contribution in [3.05, 3.63) is 67.1 Å². The van der Waals surface area contributed by atoms with Crippen LogP contribution in [-0.2, 0) is 7.05 Å². The summed E-state index contributed by atoms with van der Waals surface area (Å²) < 4.78 is 1.76. The lowest BCUT2D eigenvalue weighted by Crippen LogP contribution is -2.07. The molecule has 0 bridgehead atoms. The van der Waals surface area contributed by atoms with E-state index >= 15 is 0 Å². The van der Waals surface area contributed by atoms with Gasteiger partial charge in [0.15, 0.2) is 5.82 Å². The zero-order valence-electron chi connectivity index (χ0n) is 18.4. The van der Waals surface area contributed by atoms with E-state index in [4.69, 9.17) is 10.1 Å². The Kier molecular flexibility index (Phi) is 7.56. The average molecular weight is 419 g/mol. The van der Waals surface area contributed by atoms with Crippen LogP contribution >= 0.6 is 0 Å². The van der Waals surface area contributed by atoms with Gasteiger partial charge in [0.05, 0.1) is 11.3 Å². The predicted octanol–water partition coefficient (Wildman–Crippen LogP) is 3.82. The summed E-state index contributed by atoms with van der Waals surface area (Å²) in [6, 6.07) is 10.1. The molecule has 0 aliphatic heterocycles. The summed E-state index contributed by atoms with van der Waals surface area (Å²) in [6.45, 7) is 4.83. The van der Waals surface area contributed by atoms with E-state index < -0.39 is 0 Å². The number of aliphatic hydroxyl groups excluding tert-OH is 1. The molecule has 0 aliphatic carbocycles. The molecule has 0 saturated carbocycles. The first-order chi connectivity index (χ1) is 15.0. The fourth-order valence-corrected chi connectivity index (χ4v) is 3.21. The van der Waals surface area contributed by atoms with Crippen LogP contribution in [0.5, 0.6) is 0 Å². The van der Waals surface area contributed by atoms with Crippen molar-refractivity contribution in [1.82, 2.24) is 24.6 Å². The lowest BCUT2D eigenvalue weighted by atomic mass is 10.0. The van der Waals surface area contributed by atoms with E-state index in [1.165, 1.54) is 0 Å². The molecular weight excluding hydrogens is 388 g/mol. The standard InChI is InChI=1S/C24H30N6O/c1-5-18(17-29(2)3)19-9-8-10-20(15-19)23-26-16-21(22-11-13-30(4)28-22)24(27-23)25-12-6-7-14-31/h5,8-11,13,15-17,31H,1,6-7,12,14H2,2-4H3,(H,25,26,27)/b18-17+. The number of anilines is 1. The molecule has 0 atom stereocenters. The minimum absolute atomic E-state index is 0.183. The van der Waals surface area contributed by atoms with Crippen LogP contribution in [0.4, 0.5) is 5.82 Å². The highest BCUT2D eigenvalue weighted by Gasteiger charge is 2.13. The number of hydrogen-bond acceptors (Lipinski definition) is 6. The lowest BCUT2D eigenvalue weighted by molar-refractivity contribution is 0.286. The largest absolute Gasteiger partial charge is 0.396 e. The van der Waals surface area contributed by atoms with Crippen molar-refractivity contribution in [1.29, 1.82) is 0 Å². The Bertz CT molecular complexity index is 1050. The van der Waals surface area contributed by atoms with Gasteiger partial charge in [-0.3, -0.25) is 4.68 Å². The summed E-state index contributed by atoms with van der Waals surface area (Å²) in [5, 5.41) is 16.9. The van der Waals surface area contributed by atoms with Crippen molar-refractivity contribution >= 4 is 11.4 Å². The van der Waals surface area contributed by atoms with E-state index in [1.807, 2.05) is 68.9 Å². The maximum absolute atomic E-state index is 9.06. The van der Waals surface area contributed by atoms with Crippen LogP contribution in [0.25, 0.3) is 28.2 Å². The number of unbranched alkanes of at least 4 members (excludes halogenated alkanes) is 1. The first-order valence-corrected chi connectivity index (χ1v) is 10.3. The van der Waals surface area contributed by atoms with Gasteiger partial charge in [-0.25, -0.2) is 9.97 Å². The van der Waals surface area contributed by atoms with E-state index in [9.17, 15) is 0 Å². The van der Waals surface area contributed by atoms with Gasteiger partial charge >= 0.3 is 0 Å². The second-order valence-electron chi connectivity index (χ2n) is 7.52. The molecule has 2 aromatic heterocycles. The number of nitrogens with one attached hydrogen (secondary N) is 1. The van der Waals surface area contributed by atoms with Crippen molar-refractivity contribution in [3.63, 3.8) is 0 Å². The molecule has 0 saturated heterocycles. The van der Waals surface area contributed by atoms with Gasteiger partial charge in [-0.2, -0.15) is 5.10 Å². The van der Waals surface area contributed by atoms with Crippen LogP contribution in [0.15, 0.2) is 61.6 Å². The second-order valence-corrected chi connectivity index (χ2v) is 7.52. The molecule has 0 fully saturated rings. The van der Waals surface area contributed by atoms with Crippen molar-refractivity contribution < 1.29 is 5.11 Å². The topological polar surface area (TPSA) is 79.1 Å². The predicted molar refractivity (Wildman–Crippen MR) is 126 cm³/mol. The van der Waals surface area contributed by atoms with Gasteiger partial charge in [0, 0.05) is 58.5 Å². The Hall–Kier alpha value is -3.45. The van der Waals surface area contributed by atoms with Crippen LogP contribution in [-0.4, -0.2) is 57.0 Å². The molecule has 2 N–H and O–H groups in total. The normalized spacial score (nSPS) is 11.4. The van der Waals surface area contributed by atoms with E-state index in [-0.39, 0.29) is 6.61 Å². The van der Waals surface area contributed by atoms with Gasteiger partial charge in [0.1, 0.15) is 5.82 Å². The van der Waals surface area contributed by atoms with Gasteiger partial charge in [-0.05, 0) is 36.1 Å². The van der Waals surface area contributed by atoms with Crippen LogP contribution in [0.1, 0.15) is 18.4 Å². The van der Waals surface area contributed by atoms with Gasteiger partial charge in [-0.15, -0.1) is 0 Å². The van der Waals surface area contributed by atoms with Gasteiger partial charge in [0.25, 0.3) is 0 Å². The van der Waals surface area contributed by atoms with Crippen LogP contribution in [0.2, 0.25) is 0 Å². The summed E-state index contributed by atoms with van der Waals surface area (Å²) in [5.74, 6) is 1.37. The molecule has 0 spiro atoms. The number of nitrogens with zero attached hydrogens (tertiary/aromatic N) is 5. The molecule has 3 aromatic rings. The lowest BCUT2D eigenvalue weighted by Gasteiger charge is -2.13. The zero-order valence-corrected chi connectivity index (χ0v) is 18.4. The summed E-state index contributed by atoms with van der Waals surface area (Å²) in [5.41, 5.74) is 4.67. The Balaban J connectivity index is 1.98. The van der Waals surface area contributed by atoms with Crippen molar-refractivity contribution in [3.8, 4) is 22.6 Å². The average Bonchev–Trinajstić information content (AvgIpc) is 3.21. The van der Waals surface area contributed by atoms with Crippen molar-refractivity contribution in [2.45, 2.75) is 12.8 Å². The number of rotatable bonds is 10. The third-order valence-electron chi connectivity index (χ3n) is 4.73. The number of aromatic nitrogens is 4. The molecule has 0 unspecified atom stereocenters. The molecule has 0 radical (unpaired) electrons. The van der Waals surface area contributed by atoms with Crippen LogP contribution in [0.3, 0.4) is 0 Å². The highest BCUT2D eigenvalue weighted by molar-refractivity contribution is 5.77. The third kappa shape index (κ3) is 5.79. The maximum Gasteiger partial charge on any atom is 0.161 e. The third-order valence-corrected chi connectivity index (χ3v) is 4.73. The molecule has 7 nitrogen and oxygen atoms in total. The Labute approximate surface area is 183 Å². The van der Waals surface area contributed by atoms with Crippen LogP contribution < -0.4 is 5.32 Å². The first kappa shape index (κ1) is 22.2. The van der Waals surface area contributed by atoms with E-state index in [1.54, 1.807) is 4.68 Å². The number of aliphatic hydroxyl groups is 1. The molecule has 0 aliphatic rings.